The Morgan fingerprint density at radius 2 is 1.92 bits per heavy atom. The second kappa shape index (κ2) is 7.05. The van der Waals surface area contributed by atoms with E-state index in [1.54, 1.807) is 0 Å². The first-order valence-corrected chi connectivity index (χ1v) is 9.13. The Bertz CT molecular complexity index is 778. The number of benzene rings is 1. The number of aromatic nitrogens is 2. The molecule has 1 aromatic heterocycles. The molecule has 3 N–H and O–H groups in total. The molecular formula is C20H27ClN4O. The van der Waals surface area contributed by atoms with Crippen LogP contribution in [0.15, 0.2) is 30.3 Å². The topological polar surface area (TPSA) is 69.8 Å². The van der Waals surface area contributed by atoms with Gasteiger partial charge in [-0.05, 0) is 35.8 Å². The molecule has 2 fully saturated rings. The summed E-state index contributed by atoms with van der Waals surface area (Å²) in [7, 11) is 0. The highest BCUT2D eigenvalue weighted by molar-refractivity contribution is 5.93. The molecule has 2 aliphatic rings. The fraction of sp³-hybridized carbons (Fsp3) is 0.500. The third kappa shape index (κ3) is 3.64. The summed E-state index contributed by atoms with van der Waals surface area (Å²) in [6.07, 6.45) is 3.25. The molecule has 0 radical (unpaired) electrons. The van der Waals surface area contributed by atoms with Crippen molar-refractivity contribution in [3.05, 3.63) is 35.9 Å². The van der Waals surface area contributed by atoms with Crippen molar-refractivity contribution in [2.75, 3.05) is 5.32 Å². The van der Waals surface area contributed by atoms with Crippen LogP contribution in [0.4, 0.5) is 5.82 Å². The van der Waals surface area contributed by atoms with Gasteiger partial charge in [-0.2, -0.15) is 5.10 Å². The Labute approximate surface area is 160 Å². The number of hydrogen-bond donors (Lipinski definition) is 3. The Hall–Kier alpha value is -1.85. The first-order valence-electron chi connectivity index (χ1n) is 9.13. The second-order valence-corrected chi connectivity index (χ2v) is 8.37. The number of halogens is 1. The first-order chi connectivity index (χ1) is 11.9. The number of carbonyl (C=O) groups is 1. The van der Waals surface area contributed by atoms with Gasteiger partial charge in [0.25, 0.3) is 0 Å². The number of amides is 1. The third-order valence-electron chi connectivity index (χ3n) is 5.53. The number of rotatable bonds is 3. The molecule has 26 heavy (non-hydrogen) atoms. The molecular weight excluding hydrogens is 348 g/mol. The minimum atomic E-state index is 0. The van der Waals surface area contributed by atoms with E-state index in [0.717, 1.165) is 24.1 Å². The molecule has 2 bridgehead atoms. The highest BCUT2D eigenvalue weighted by Crippen LogP contribution is 2.34. The van der Waals surface area contributed by atoms with E-state index in [1.165, 1.54) is 12.0 Å². The number of fused-ring (bicyclic) bond motifs is 2. The standard InChI is InChI=1S/C20H26N4O.ClH/c1-20(2,3)13-6-4-12(5-7-13)17-11-18(24-23-17)22-19(25)15-10-14-8-9-16(15)21-14;/h4-7,11,14-16,21H,8-10H2,1-3H3,(H2,22,23,24,25);1H/t14-,15+,16+;/m1./s1. The van der Waals surface area contributed by atoms with Crippen LogP contribution in [0.3, 0.4) is 0 Å². The van der Waals surface area contributed by atoms with Crippen molar-refractivity contribution < 1.29 is 4.79 Å². The van der Waals surface area contributed by atoms with Crippen molar-refractivity contribution in [2.24, 2.45) is 5.92 Å². The summed E-state index contributed by atoms with van der Waals surface area (Å²) in [6.45, 7) is 6.61. The maximum Gasteiger partial charge on any atom is 0.230 e. The summed E-state index contributed by atoms with van der Waals surface area (Å²) in [5.74, 6) is 0.758. The molecule has 5 nitrogen and oxygen atoms in total. The Morgan fingerprint density at radius 1 is 1.19 bits per heavy atom. The van der Waals surface area contributed by atoms with Gasteiger partial charge in [-0.15, -0.1) is 12.4 Å². The molecule has 0 unspecified atom stereocenters. The molecule has 0 aliphatic carbocycles. The van der Waals surface area contributed by atoms with Gasteiger partial charge >= 0.3 is 0 Å². The van der Waals surface area contributed by atoms with Gasteiger partial charge in [0, 0.05) is 18.2 Å². The highest BCUT2D eigenvalue weighted by atomic mass is 35.5. The van der Waals surface area contributed by atoms with Gasteiger partial charge < -0.3 is 10.6 Å². The lowest BCUT2D eigenvalue weighted by molar-refractivity contribution is -0.120. The minimum absolute atomic E-state index is 0. The van der Waals surface area contributed by atoms with Crippen molar-refractivity contribution in [1.82, 2.24) is 15.5 Å². The van der Waals surface area contributed by atoms with Crippen molar-refractivity contribution in [3.8, 4) is 11.3 Å². The van der Waals surface area contributed by atoms with Crippen LogP contribution in [-0.4, -0.2) is 28.2 Å². The monoisotopic (exact) mass is 374 g/mol. The third-order valence-corrected chi connectivity index (χ3v) is 5.53. The summed E-state index contributed by atoms with van der Waals surface area (Å²) in [5.41, 5.74) is 3.43. The molecule has 1 amide bonds. The number of carbonyl (C=O) groups excluding carboxylic acids is 1. The van der Waals surface area contributed by atoms with Crippen molar-refractivity contribution in [2.45, 2.75) is 57.5 Å². The van der Waals surface area contributed by atoms with Crippen LogP contribution < -0.4 is 10.6 Å². The molecule has 0 saturated carbocycles. The normalized spacial score (nSPS) is 24.3. The molecule has 2 aromatic rings. The summed E-state index contributed by atoms with van der Waals surface area (Å²) >= 11 is 0. The quantitative estimate of drug-likeness (QED) is 0.763. The number of H-pyrrole nitrogens is 1. The molecule has 4 rings (SSSR count). The van der Waals surface area contributed by atoms with Gasteiger partial charge in [0.2, 0.25) is 5.91 Å². The smallest absolute Gasteiger partial charge is 0.230 e. The molecule has 3 heterocycles. The zero-order valence-corrected chi connectivity index (χ0v) is 16.3. The van der Waals surface area contributed by atoms with Gasteiger partial charge in [-0.3, -0.25) is 9.89 Å². The van der Waals surface area contributed by atoms with Gasteiger partial charge in [-0.1, -0.05) is 45.0 Å². The van der Waals surface area contributed by atoms with E-state index in [-0.39, 0.29) is 29.6 Å². The predicted octanol–water partition coefficient (Wildman–Crippen LogP) is 3.88. The number of nitrogens with one attached hydrogen (secondary N) is 3. The van der Waals surface area contributed by atoms with Crippen molar-refractivity contribution >= 4 is 24.1 Å². The van der Waals surface area contributed by atoms with Crippen LogP contribution >= 0.6 is 12.4 Å². The summed E-state index contributed by atoms with van der Waals surface area (Å²) < 4.78 is 0. The van der Waals surface area contributed by atoms with Gasteiger partial charge in [0.05, 0.1) is 11.6 Å². The number of nitrogens with zero attached hydrogens (tertiary/aromatic N) is 1. The molecule has 0 spiro atoms. The predicted molar refractivity (Wildman–Crippen MR) is 107 cm³/mol. The lowest BCUT2D eigenvalue weighted by Crippen LogP contribution is -2.32. The molecule has 140 valence electrons. The van der Waals surface area contributed by atoms with Gasteiger partial charge in [-0.25, -0.2) is 0 Å². The van der Waals surface area contributed by atoms with E-state index < -0.39 is 0 Å². The van der Waals surface area contributed by atoms with Gasteiger partial charge in [0.15, 0.2) is 5.82 Å². The number of anilines is 1. The van der Waals surface area contributed by atoms with E-state index in [0.29, 0.717) is 17.9 Å². The molecule has 3 atom stereocenters. The van der Waals surface area contributed by atoms with E-state index in [9.17, 15) is 4.79 Å². The maximum absolute atomic E-state index is 12.5. The Morgan fingerprint density at radius 3 is 2.50 bits per heavy atom. The average molecular weight is 375 g/mol. The Balaban J connectivity index is 0.00000196. The van der Waals surface area contributed by atoms with Crippen LogP contribution in [0, 0.1) is 5.92 Å². The van der Waals surface area contributed by atoms with Crippen molar-refractivity contribution in [3.63, 3.8) is 0 Å². The largest absolute Gasteiger partial charge is 0.310 e. The molecule has 6 heteroatoms. The average Bonchev–Trinajstić information content (AvgIpc) is 3.30. The molecule has 1 aromatic carbocycles. The van der Waals surface area contributed by atoms with Crippen molar-refractivity contribution in [1.29, 1.82) is 0 Å². The zero-order valence-electron chi connectivity index (χ0n) is 15.5. The highest BCUT2D eigenvalue weighted by Gasteiger charge is 2.42. The SMILES string of the molecule is CC(C)(C)c1ccc(-c2cc(NC(=O)[C@H]3C[C@H]4CC[C@@H]3N4)n[nH]2)cc1.Cl. The van der Waals surface area contributed by atoms with Crippen LogP contribution in [0.2, 0.25) is 0 Å². The number of hydrogen-bond acceptors (Lipinski definition) is 3. The Kier molecular flexibility index (Phi) is 5.13. The van der Waals surface area contributed by atoms with Crippen LogP contribution in [0.5, 0.6) is 0 Å². The summed E-state index contributed by atoms with van der Waals surface area (Å²) in [5, 5.41) is 13.8. The first kappa shape index (κ1) is 18.9. The summed E-state index contributed by atoms with van der Waals surface area (Å²) in [4.78, 5) is 12.5. The van der Waals surface area contributed by atoms with Gasteiger partial charge in [0.1, 0.15) is 0 Å². The molecule has 2 aliphatic heterocycles. The minimum Gasteiger partial charge on any atom is -0.310 e. The summed E-state index contributed by atoms with van der Waals surface area (Å²) in [6, 6.07) is 11.3. The van der Waals surface area contributed by atoms with E-state index in [2.05, 4.69) is 65.9 Å². The van der Waals surface area contributed by atoms with E-state index in [4.69, 9.17) is 0 Å². The van der Waals surface area contributed by atoms with E-state index in [1.807, 2.05) is 6.07 Å². The van der Waals surface area contributed by atoms with Crippen LogP contribution in [-0.2, 0) is 10.2 Å². The van der Waals surface area contributed by atoms with Crippen LogP contribution in [0.25, 0.3) is 11.3 Å². The fourth-order valence-electron chi connectivity index (χ4n) is 4.02. The maximum atomic E-state index is 12.5. The number of aromatic amines is 1. The van der Waals surface area contributed by atoms with E-state index >= 15 is 0 Å². The zero-order chi connectivity index (χ0) is 17.6. The fourth-order valence-corrected chi connectivity index (χ4v) is 4.02. The lowest BCUT2D eigenvalue weighted by Gasteiger charge is -2.19. The second-order valence-electron chi connectivity index (χ2n) is 8.37. The van der Waals surface area contributed by atoms with Crippen LogP contribution in [0.1, 0.15) is 45.6 Å². The molecule has 2 saturated heterocycles. The lowest BCUT2D eigenvalue weighted by atomic mass is 9.86.